The third-order valence-electron chi connectivity index (χ3n) is 8.32. The fraction of sp³-hybridized carbons (Fsp3) is 0.533. The second-order valence-corrected chi connectivity index (χ2v) is 13.4. The van der Waals surface area contributed by atoms with Gasteiger partial charge in [0.2, 0.25) is 27.7 Å². The average molecular weight is 664 g/mol. The van der Waals surface area contributed by atoms with Crippen LogP contribution in [0.5, 0.6) is 0 Å². The number of morpholine rings is 1. The Morgan fingerprint density at radius 1 is 1.07 bits per heavy atom. The molecular weight excluding hydrogens is 622 g/mol. The molecule has 5 rings (SSSR count). The first kappa shape index (κ1) is 34.4. The highest BCUT2D eigenvalue weighted by atomic mass is 35.5. The van der Waals surface area contributed by atoms with Gasteiger partial charge in [-0.15, -0.1) is 12.4 Å². The Kier molecular flexibility index (Phi) is 12.0. The highest BCUT2D eigenvalue weighted by molar-refractivity contribution is 7.89. The molecule has 4 N–H and O–H groups in total. The molecule has 0 aromatic heterocycles. The molecule has 0 spiro atoms. The number of sulfonamides is 1. The molecule has 0 radical (unpaired) electrons. The third-order valence-corrected chi connectivity index (χ3v) is 9.79. The maximum atomic E-state index is 14.0. The smallest absolute Gasteiger partial charge is 0.242 e. The van der Waals surface area contributed by atoms with Crippen molar-refractivity contribution in [3.05, 3.63) is 42.5 Å². The van der Waals surface area contributed by atoms with E-state index in [1.807, 2.05) is 29.2 Å². The van der Waals surface area contributed by atoms with Gasteiger partial charge in [0, 0.05) is 38.8 Å². The van der Waals surface area contributed by atoms with Gasteiger partial charge in [-0.25, -0.2) is 8.42 Å². The third kappa shape index (κ3) is 9.28. The summed E-state index contributed by atoms with van der Waals surface area (Å²) in [6.45, 7) is 3.41. The number of nitrogens with one attached hydrogen (secondary N) is 2. The highest BCUT2D eigenvalue weighted by Crippen LogP contribution is 2.28. The number of benzene rings is 2. The van der Waals surface area contributed by atoms with E-state index in [0.29, 0.717) is 52.2 Å². The van der Waals surface area contributed by atoms with Crippen LogP contribution >= 0.6 is 12.4 Å². The van der Waals surface area contributed by atoms with Crippen molar-refractivity contribution in [2.75, 3.05) is 52.5 Å². The van der Waals surface area contributed by atoms with E-state index >= 15 is 0 Å². The standard InChI is InChI=1S/C30H41N7O6S.ClH/c31-33-21-35-11-3-4-22(19-35)18-32-28(38)17-27(34-44(41,42)26-10-7-23-5-1-2-6-24(23)16-26)30(40)37(25-8-9-25)20-29(39)36-12-14-43-15-13-36;/h1-2,5-7,10,16,21-22,25,27,34H,3-4,8-9,11-15,17-20,31H2,(H,32,38);1H/t22-,27-;/m0./s1. The zero-order chi connectivity index (χ0) is 31.1. The molecule has 1 aliphatic carbocycles. The summed E-state index contributed by atoms with van der Waals surface area (Å²) >= 11 is 0. The summed E-state index contributed by atoms with van der Waals surface area (Å²) in [6, 6.07) is 10.5. The van der Waals surface area contributed by atoms with Crippen LogP contribution in [0.4, 0.5) is 0 Å². The van der Waals surface area contributed by atoms with Crippen LogP contribution in [0.2, 0.25) is 0 Å². The first-order valence-electron chi connectivity index (χ1n) is 15.1. The number of amides is 3. The lowest BCUT2D eigenvalue weighted by Gasteiger charge is -2.32. The molecule has 2 saturated heterocycles. The van der Waals surface area contributed by atoms with Crippen LogP contribution in [-0.4, -0.2) is 112 Å². The Bertz CT molecular complexity index is 1480. The maximum Gasteiger partial charge on any atom is 0.242 e. The molecule has 15 heteroatoms. The average Bonchev–Trinajstić information content (AvgIpc) is 3.88. The summed E-state index contributed by atoms with van der Waals surface area (Å²) in [4.78, 5) is 45.4. The number of hydrogen-bond donors (Lipinski definition) is 3. The van der Waals surface area contributed by atoms with Crippen molar-refractivity contribution < 1.29 is 27.5 Å². The minimum Gasteiger partial charge on any atom is -0.378 e. The van der Waals surface area contributed by atoms with E-state index in [2.05, 4.69) is 15.1 Å². The van der Waals surface area contributed by atoms with Gasteiger partial charge in [-0.05, 0) is 54.5 Å². The monoisotopic (exact) mass is 663 g/mol. The van der Waals surface area contributed by atoms with Crippen LogP contribution < -0.4 is 15.9 Å². The molecule has 45 heavy (non-hydrogen) atoms. The molecule has 246 valence electrons. The second kappa shape index (κ2) is 15.7. The van der Waals surface area contributed by atoms with Gasteiger partial charge in [0.1, 0.15) is 18.9 Å². The SMILES string of the molecule is Cl.NN=CN1CCC[C@@H](CNC(=O)C[C@H](NS(=O)(=O)c2ccc3ccccc3c2)C(=O)N(CC(=O)N2CCOCC2)C2CC2)C1. The normalized spacial score (nSPS) is 19.6. The fourth-order valence-corrected chi connectivity index (χ4v) is 7.00. The summed E-state index contributed by atoms with van der Waals surface area (Å²) in [5, 5.41) is 8.08. The van der Waals surface area contributed by atoms with Gasteiger partial charge in [0.25, 0.3) is 0 Å². The molecule has 2 aromatic rings. The molecule has 1 saturated carbocycles. The van der Waals surface area contributed by atoms with Crippen molar-refractivity contribution in [3.8, 4) is 0 Å². The zero-order valence-electron chi connectivity index (χ0n) is 25.2. The Morgan fingerprint density at radius 3 is 2.51 bits per heavy atom. The predicted molar refractivity (Wildman–Crippen MR) is 172 cm³/mol. The first-order valence-corrected chi connectivity index (χ1v) is 16.6. The largest absolute Gasteiger partial charge is 0.378 e. The van der Waals surface area contributed by atoms with E-state index in [1.165, 1.54) is 11.0 Å². The van der Waals surface area contributed by atoms with E-state index < -0.39 is 34.3 Å². The zero-order valence-corrected chi connectivity index (χ0v) is 26.8. The molecule has 2 aromatic carbocycles. The van der Waals surface area contributed by atoms with Crippen molar-refractivity contribution in [1.82, 2.24) is 24.7 Å². The van der Waals surface area contributed by atoms with Crippen LogP contribution in [0.3, 0.4) is 0 Å². The summed E-state index contributed by atoms with van der Waals surface area (Å²) in [5.41, 5.74) is 0. The number of hydrogen-bond acceptors (Lipinski definition) is 8. The molecule has 0 unspecified atom stereocenters. The molecule has 3 fully saturated rings. The fourth-order valence-electron chi connectivity index (χ4n) is 5.78. The first-order chi connectivity index (χ1) is 21.2. The number of ether oxygens (including phenoxy) is 1. The van der Waals surface area contributed by atoms with Crippen LogP contribution in [0.1, 0.15) is 32.1 Å². The Labute approximate surface area is 269 Å². The number of likely N-dealkylation sites (tertiary alicyclic amines) is 1. The number of carbonyl (C=O) groups is 3. The lowest BCUT2D eigenvalue weighted by Crippen LogP contribution is -2.54. The van der Waals surface area contributed by atoms with Gasteiger partial charge in [-0.2, -0.15) is 9.82 Å². The number of nitrogens with zero attached hydrogens (tertiary/aromatic N) is 4. The molecular formula is C30H42ClN7O6S. The van der Waals surface area contributed by atoms with Crippen LogP contribution in [0, 0.1) is 5.92 Å². The minimum absolute atomic E-state index is 0. The topological polar surface area (TPSA) is 167 Å². The van der Waals surface area contributed by atoms with E-state index in [0.717, 1.165) is 30.2 Å². The Hall–Kier alpha value is -3.46. The van der Waals surface area contributed by atoms with Crippen molar-refractivity contribution in [2.45, 2.75) is 49.1 Å². The number of fused-ring (bicyclic) bond motifs is 1. The van der Waals surface area contributed by atoms with Crippen LogP contribution in [0.25, 0.3) is 10.8 Å². The van der Waals surface area contributed by atoms with Crippen molar-refractivity contribution in [2.24, 2.45) is 16.9 Å². The molecule has 13 nitrogen and oxygen atoms in total. The van der Waals surface area contributed by atoms with Gasteiger partial charge < -0.3 is 30.6 Å². The molecule has 2 heterocycles. The molecule has 3 amide bonds. The number of carbonyl (C=O) groups excluding carboxylic acids is 3. The summed E-state index contributed by atoms with van der Waals surface area (Å²) in [6.07, 6.45) is 4.43. The summed E-state index contributed by atoms with van der Waals surface area (Å²) in [7, 11) is -4.20. The van der Waals surface area contributed by atoms with Crippen molar-refractivity contribution in [3.63, 3.8) is 0 Å². The minimum atomic E-state index is -4.20. The lowest BCUT2D eigenvalue weighted by molar-refractivity contribution is -0.144. The lowest BCUT2D eigenvalue weighted by atomic mass is 9.98. The quantitative estimate of drug-likeness (QED) is 0.130. The maximum absolute atomic E-state index is 14.0. The second-order valence-electron chi connectivity index (χ2n) is 11.6. The van der Waals surface area contributed by atoms with Gasteiger partial charge in [0.05, 0.1) is 24.5 Å². The highest BCUT2D eigenvalue weighted by Gasteiger charge is 2.40. The Morgan fingerprint density at radius 2 is 1.80 bits per heavy atom. The Balaban J connectivity index is 0.00000461. The van der Waals surface area contributed by atoms with Crippen molar-refractivity contribution in [1.29, 1.82) is 0 Å². The van der Waals surface area contributed by atoms with E-state index in [-0.39, 0.29) is 41.7 Å². The molecule has 3 aliphatic rings. The van der Waals surface area contributed by atoms with E-state index in [9.17, 15) is 22.8 Å². The van der Waals surface area contributed by atoms with Gasteiger partial charge in [-0.1, -0.05) is 30.3 Å². The predicted octanol–water partition coefficient (Wildman–Crippen LogP) is 0.879. The van der Waals surface area contributed by atoms with Crippen molar-refractivity contribution >= 4 is 57.3 Å². The van der Waals surface area contributed by atoms with Crippen LogP contribution in [-0.2, 0) is 29.1 Å². The van der Waals surface area contributed by atoms with E-state index in [1.54, 1.807) is 23.4 Å². The van der Waals surface area contributed by atoms with Gasteiger partial charge >= 0.3 is 0 Å². The number of piperidine rings is 1. The molecule has 2 aliphatic heterocycles. The summed E-state index contributed by atoms with van der Waals surface area (Å²) in [5.74, 6) is 4.18. The van der Waals surface area contributed by atoms with Crippen LogP contribution in [0.15, 0.2) is 52.5 Å². The number of rotatable bonds is 12. The van der Waals surface area contributed by atoms with Gasteiger partial charge in [-0.3, -0.25) is 14.4 Å². The molecule has 2 atom stereocenters. The van der Waals surface area contributed by atoms with Gasteiger partial charge in [0.15, 0.2) is 0 Å². The number of halogens is 1. The molecule has 0 bridgehead atoms. The van der Waals surface area contributed by atoms with E-state index in [4.69, 9.17) is 10.6 Å². The number of hydrazone groups is 1. The summed E-state index contributed by atoms with van der Waals surface area (Å²) < 4.78 is 35.1. The number of nitrogens with two attached hydrogens (primary N) is 1.